The lowest BCUT2D eigenvalue weighted by molar-refractivity contribution is -0.120. The van der Waals surface area contributed by atoms with Crippen LogP contribution in [0, 0.1) is 5.92 Å². The molecule has 0 aromatic carbocycles. The van der Waals surface area contributed by atoms with Crippen molar-refractivity contribution in [3.8, 4) is 0 Å². The highest BCUT2D eigenvalue weighted by Crippen LogP contribution is 2.25. The van der Waals surface area contributed by atoms with Crippen molar-refractivity contribution in [1.82, 2.24) is 4.98 Å². The van der Waals surface area contributed by atoms with Gasteiger partial charge in [0.05, 0.1) is 10.7 Å². The van der Waals surface area contributed by atoms with Crippen LogP contribution in [-0.2, 0) is 16.6 Å². The number of carbonyl (C=O) groups is 1. The average molecular weight is 225 g/mol. The summed E-state index contributed by atoms with van der Waals surface area (Å²) >= 11 is 1.66. The second kappa shape index (κ2) is 4.44. The van der Waals surface area contributed by atoms with E-state index < -0.39 is 0 Å². The summed E-state index contributed by atoms with van der Waals surface area (Å²) in [7, 11) is 0. The van der Waals surface area contributed by atoms with Crippen molar-refractivity contribution in [2.45, 2.75) is 46.5 Å². The third-order valence-electron chi connectivity index (χ3n) is 2.49. The molecule has 84 valence electrons. The fourth-order valence-electron chi connectivity index (χ4n) is 1.15. The van der Waals surface area contributed by atoms with Crippen LogP contribution in [-0.4, -0.2) is 10.8 Å². The molecule has 0 saturated heterocycles. The van der Waals surface area contributed by atoms with Gasteiger partial charge in [-0.2, -0.15) is 0 Å². The molecule has 0 saturated carbocycles. The summed E-state index contributed by atoms with van der Waals surface area (Å²) in [5, 5.41) is 3.17. The quantitative estimate of drug-likeness (QED) is 0.790. The lowest BCUT2D eigenvalue weighted by atomic mass is 9.93. The van der Waals surface area contributed by atoms with Gasteiger partial charge in [0.1, 0.15) is 5.78 Å². The highest BCUT2D eigenvalue weighted by molar-refractivity contribution is 7.09. The van der Waals surface area contributed by atoms with E-state index in [4.69, 9.17) is 0 Å². The van der Waals surface area contributed by atoms with E-state index in [0.29, 0.717) is 0 Å². The van der Waals surface area contributed by atoms with E-state index in [9.17, 15) is 4.79 Å². The number of hydrogen-bond donors (Lipinski definition) is 0. The lowest BCUT2D eigenvalue weighted by Gasteiger charge is -2.14. The molecule has 1 aromatic heterocycles. The number of nitrogens with zero attached hydrogens (tertiary/aromatic N) is 1. The molecule has 0 aliphatic heterocycles. The summed E-state index contributed by atoms with van der Waals surface area (Å²) in [5.74, 6) is 0.325. The number of Topliss-reactive ketones (excluding diaryl/α,β-unsaturated/α-hetero) is 1. The minimum absolute atomic E-state index is 0.0870. The van der Waals surface area contributed by atoms with E-state index in [-0.39, 0.29) is 17.1 Å². The second-order valence-electron chi connectivity index (χ2n) is 5.09. The molecule has 1 unspecified atom stereocenters. The largest absolute Gasteiger partial charge is 0.300 e. The number of carbonyl (C=O) groups excluding carboxylic acids is 1. The molecule has 2 nitrogen and oxygen atoms in total. The summed E-state index contributed by atoms with van der Waals surface area (Å²) < 4.78 is 0. The topological polar surface area (TPSA) is 30.0 Å². The Labute approximate surface area is 95.7 Å². The molecule has 1 atom stereocenters. The number of rotatable bonds is 3. The zero-order valence-corrected chi connectivity index (χ0v) is 10.9. The normalized spacial score (nSPS) is 13.9. The van der Waals surface area contributed by atoms with Crippen LogP contribution < -0.4 is 0 Å². The Balaban J connectivity index is 2.73. The summed E-state index contributed by atoms with van der Waals surface area (Å²) in [6.07, 6.45) is 0.774. The van der Waals surface area contributed by atoms with Gasteiger partial charge in [-0.3, -0.25) is 4.79 Å². The fourth-order valence-corrected chi connectivity index (χ4v) is 2.31. The molecule has 0 spiro atoms. The average Bonchev–Trinajstić information content (AvgIpc) is 2.51. The summed E-state index contributed by atoms with van der Waals surface area (Å²) in [6, 6.07) is 0. The molecule has 3 heteroatoms. The van der Waals surface area contributed by atoms with Crippen LogP contribution in [0.2, 0.25) is 0 Å². The molecule has 0 fully saturated rings. The minimum Gasteiger partial charge on any atom is -0.300 e. The van der Waals surface area contributed by atoms with E-state index in [1.165, 1.54) is 0 Å². The Morgan fingerprint density at radius 2 is 2.13 bits per heavy atom. The van der Waals surface area contributed by atoms with Gasteiger partial charge < -0.3 is 0 Å². The van der Waals surface area contributed by atoms with Crippen LogP contribution in [0.15, 0.2) is 5.38 Å². The summed E-state index contributed by atoms with van der Waals surface area (Å²) in [5.41, 5.74) is 1.23. The molecular formula is C12H19NOS. The standard InChI is InChI=1S/C12H19NOS/c1-8(9(2)14)6-11-13-10(7-15-11)12(3,4)5/h7-8H,6H2,1-5H3. The van der Waals surface area contributed by atoms with Gasteiger partial charge in [0.15, 0.2) is 0 Å². The molecular weight excluding hydrogens is 206 g/mol. The van der Waals surface area contributed by atoms with Crippen molar-refractivity contribution in [2.24, 2.45) is 5.92 Å². The summed E-state index contributed by atoms with van der Waals surface area (Å²) in [4.78, 5) is 15.7. The molecule has 0 N–H and O–H groups in total. The van der Waals surface area contributed by atoms with Crippen molar-refractivity contribution in [2.75, 3.05) is 0 Å². The number of hydrogen-bond acceptors (Lipinski definition) is 3. The Morgan fingerprint density at radius 1 is 1.53 bits per heavy atom. The maximum atomic E-state index is 11.1. The van der Waals surface area contributed by atoms with E-state index in [1.807, 2.05) is 6.92 Å². The molecule has 0 bridgehead atoms. The smallest absolute Gasteiger partial charge is 0.133 e. The maximum Gasteiger partial charge on any atom is 0.133 e. The van der Waals surface area contributed by atoms with Crippen LogP contribution >= 0.6 is 11.3 Å². The van der Waals surface area contributed by atoms with E-state index in [1.54, 1.807) is 18.3 Å². The number of ketones is 1. The van der Waals surface area contributed by atoms with Gasteiger partial charge in [0.2, 0.25) is 0 Å². The molecule has 1 heterocycles. The molecule has 0 amide bonds. The van der Waals surface area contributed by atoms with E-state index in [0.717, 1.165) is 17.1 Å². The first-order valence-electron chi connectivity index (χ1n) is 5.26. The van der Waals surface area contributed by atoms with E-state index in [2.05, 4.69) is 31.1 Å². The predicted octanol–water partition coefficient (Wildman–Crippen LogP) is 3.21. The first-order chi connectivity index (χ1) is 6.80. The number of aromatic nitrogens is 1. The zero-order valence-electron chi connectivity index (χ0n) is 10.1. The Hall–Kier alpha value is -0.700. The number of thiazole rings is 1. The highest BCUT2D eigenvalue weighted by Gasteiger charge is 2.18. The Bertz CT molecular complexity index is 349. The molecule has 15 heavy (non-hydrogen) atoms. The van der Waals surface area contributed by atoms with Crippen LogP contribution in [0.3, 0.4) is 0 Å². The van der Waals surface area contributed by atoms with Crippen LogP contribution in [0.1, 0.15) is 45.3 Å². The first-order valence-corrected chi connectivity index (χ1v) is 6.14. The third-order valence-corrected chi connectivity index (χ3v) is 3.37. The van der Waals surface area contributed by atoms with Crippen molar-refractivity contribution in [1.29, 1.82) is 0 Å². The predicted molar refractivity (Wildman–Crippen MR) is 64.4 cm³/mol. The van der Waals surface area contributed by atoms with Crippen LogP contribution in [0.25, 0.3) is 0 Å². The maximum absolute atomic E-state index is 11.1. The SMILES string of the molecule is CC(=O)C(C)Cc1nc(C(C)(C)C)cs1. The van der Waals surface area contributed by atoms with Crippen molar-refractivity contribution in [3.05, 3.63) is 16.1 Å². The van der Waals surface area contributed by atoms with Crippen molar-refractivity contribution < 1.29 is 4.79 Å². The Morgan fingerprint density at radius 3 is 2.53 bits per heavy atom. The highest BCUT2D eigenvalue weighted by atomic mass is 32.1. The van der Waals surface area contributed by atoms with Gasteiger partial charge in [-0.1, -0.05) is 27.7 Å². The molecule has 0 aliphatic carbocycles. The van der Waals surface area contributed by atoms with E-state index >= 15 is 0 Å². The van der Waals surface area contributed by atoms with Gasteiger partial charge in [0, 0.05) is 23.1 Å². The first kappa shape index (κ1) is 12.4. The van der Waals surface area contributed by atoms with Crippen LogP contribution in [0.5, 0.6) is 0 Å². The fraction of sp³-hybridized carbons (Fsp3) is 0.667. The Kier molecular flexibility index (Phi) is 3.66. The van der Waals surface area contributed by atoms with Gasteiger partial charge in [-0.15, -0.1) is 11.3 Å². The second-order valence-corrected chi connectivity index (χ2v) is 6.03. The molecule has 0 aliphatic rings. The molecule has 1 aromatic rings. The van der Waals surface area contributed by atoms with Crippen molar-refractivity contribution >= 4 is 17.1 Å². The molecule has 0 radical (unpaired) electrons. The van der Waals surface area contributed by atoms with Gasteiger partial charge >= 0.3 is 0 Å². The molecule has 1 rings (SSSR count). The lowest BCUT2D eigenvalue weighted by Crippen LogP contribution is -2.13. The third kappa shape index (κ3) is 3.42. The van der Waals surface area contributed by atoms with Gasteiger partial charge in [0.25, 0.3) is 0 Å². The zero-order chi connectivity index (χ0) is 11.6. The van der Waals surface area contributed by atoms with Gasteiger partial charge in [-0.05, 0) is 6.92 Å². The summed E-state index contributed by atoms with van der Waals surface area (Å²) in [6.45, 7) is 10.1. The monoisotopic (exact) mass is 225 g/mol. The van der Waals surface area contributed by atoms with Crippen molar-refractivity contribution in [3.63, 3.8) is 0 Å². The van der Waals surface area contributed by atoms with Crippen LogP contribution in [0.4, 0.5) is 0 Å². The minimum atomic E-state index is 0.0870. The van der Waals surface area contributed by atoms with Gasteiger partial charge in [-0.25, -0.2) is 4.98 Å².